The van der Waals surface area contributed by atoms with Crippen molar-refractivity contribution in [3.8, 4) is 0 Å². The van der Waals surface area contributed by atoms with Gasteiger partial charge in [0.05, 0.1) is 25.3 Å². The number of ether oxygens (including phenoxy) is 4. The number of aliphatic hydroxyl groups excluding tert-OH is 8. The van der Waals surface area contributed by atoms with Gasteiger partial charge in [0.25, 0.3) is 0 Å². The molecule has 0 bridgehead atoms. The van der Waals surface area contributed by atoms with Gasteiger partial charge >= 0.3 is 0 Å². The number of aliphatic hydroxyl groups is 8. The highest BCUT2D eigenvalue weighted by atomic mass is 16.7. The molecule has 0 aromatic rings. The highest BCUT2D eigenvalue weighted by Gasteiger charge is 2.53. The first-order chi connectivity index (χ1) is 17.9. The molecule has 2 heterocycles. The lowest BCUT2D eigenvalue weighted by Gasteiger charge is -2.47. The van der Waals surface area contributed by atoms with E-state index >= 15 is 0 Å². The van der Waals surface area contributed by atoms with Crippen molar-refractivity contribution in [2.45, 2.75) is 105 Å². The zero-order valence-electron chi connectivity index (χ0n) is 20.5. The third-order valence-electron chi connectivity index (χ3n) is 7.10. The third kappa shape index (κ3) is 6.60. The largest absolute Gasteiger partial charge is 0.394 e. The molecule has 0 aromatic heterocycles. The molecule has 3 aliphatic rings. The Labute approximate surface area is 218 Å². The summed E-state index contributed by atoms with van der Waals surface area (Å²) >= 11 is 0. The van der Waals surface area contributed by atoms with E-state index in [2.05, 4.69) is 5.32 Å². The molecule has 17 nitrogen and oxygen atoms in total. The number of nitrogens with two attached hydrogens (primary N) is 3. The monoisotopic (exact) mass is 556 g/mol. The maximum absolute atomic E-state index is 12.4. The van der Waals surface area contributed by atoms with Crippen molar-refractivity contribution < 1.29 is 64.6 Å². The van der Waals surface area contributed by atoms with Gasteiger partial charge in [-0.1, -0.05) is 0 Å². The lowest BCUT2D eigenvalue weighted by atomic mass is 9.83. The second-order valence-corrected chi connectivity index (χ2v) is 9.79. The van der Waals surface area contributed by atoms with Crippen molar-refractivity contribution in [3.63, 3.8) is 0 Å². The Morgan fingerprint density at radius 1 is 0.868 bits per heavy atom. The van der Waals surface area contributed by atoms with Gasteiger partial charge in [-0.25, -0.2) is 0 Å². The van der Waals surface area contributed by atoms with Crippen molar-refractivity contribution in [1.82, 2.24) is 5.32 Å². The first-order valence-electron chi connectivity index (χ1n) is 12.4. The van der Waals surface area contributed by atoms with E-state index in [0.717, 1.165) is 0 Å². The normalized spacial score (nSPS) is 46.6. The van der Waals surface area contributed by atoms with Crippen LogP contribution in [0.1, 0.15) is 12.8 Å². The molecule has 3 rings (SSSR count). The Balaban J connectivity index is 1.84. The van der Waals surface area contributed by atoms with Gasteiger partial charge in [0.1, 0.15) is 61.0 Å². The predicted octanol–water partition coefficient (Wildman–Crippen LogP) is -7.75. The number of nitrogens with one attached hydrogen (secondary N) is 1. The van der Waals surface area contributed by atoms with Crippen molar-refractivity contribution in [1.29, 1.82) is 0 Å². The first-order valence-corrected chi connectivity index (χ1v) is 12.4. The van der Waals surface area contributed by atoms with Crippen LogP contribution in [-0.2, 0) is 23.7 Å². The smallest absolute Gasteiger partial charge is 0.249 e. The van der Waals surface area contributed by atoms with Crippen molar-refractivity contribution in [2.75, 3.05) is 19.8 Å². The first kappa shape index (κ1) is 31.4. The van der Waals surface area contributed by atoms with E-state index in [9.17, 15) is 45.6 Å². The van der Waals surface area contributed by atoms with Crippen LogP contribution in [0.25, 0.3) is 0 Å². The fraction of sp³-hybridized carbons (Fsp3) is 0.952. The average Bonchev–Trinajstić information content (AvgIpc) is 3.16. The second-order valence-electron chi connectivity index (χ2n) is 9.79. The van der Waals surface area contributed by atoms with E-state index in [1.807, 2.05) is 0 Å². The van der Waals surface area contributed by atoms with E-state index < -0.39 is 111 Å². The van der Waals surface area contributed by atoms with E-state index in [0.29, 0.717) is 0 Å². The maximum Gasteiger partial charge on any atom is 0.249 e. The van der Waals surface area contributed by atoms with E-state index in [1.165, 1.54) is 0 Å². The van der Waals surface area contributed by atoms with E-state index in [-0.39, 0.29) is 19.4 Å². The number of amides is 1. The lowest BCUT2D eigenvalue weighted by molar-refractivity contribution is -0.311. The predicted molar refractivity (Wildman–Crippen MR) is 123 cm³/mol. The SMILES string of the molecule is NCC[C@@H](O)C(=O)N[C@@H]1C[C@@H](N)[C@@H](O[C@H]2O[C@@H](CO)[C@@H](O)[C@H](O)[C@@H]2N)[C@H](O[C@@H]2O[C@H](CO)[C@H](O)[C@H]2O)[C@@H]1O. The molecule has 15 N–H and O–H groups in total. The molecule has 2 aliphatic heterocycles. The third-order valence-corrected chi connectivity index (χ3v) is 7.10. The standard InChI is InChI=1S/C21H40N4O13/c22-2-1-8(28)19(34)25-7-3-6(23)17(37-20-11(24)15(32)13(30)9(4-26)35-20)18(12(7)29)38-21-16(33)14(31)10(5-27)36-21/h6-18,20-21,26-33H,1-5,22-24H2,(H,25,34)/t6-,7-,8-,9+,10-,11+,12-,13-,14+,15-,16-,17-,18-,20-,21+/m1/s1. The molecule has 15 atom stereocenters. The Morgan fingerprint density at radius 2 is 1.42 bits per heavy atom. The van der Waals surface area contributed by atoms with Gasteiger partial charge in [0.2, 0.25) is 5.91 Å². The summed E-state index contributed by atoms with van der Waals surface area (Å²) in [5.74, 6) is -0.821. The van der Waals surface area contributed by atoms with Crippen molar-refractivity contribution in [2.24, 2.45) is 17.2 Å². The fourth-order valence-corrected chi connectivity index (χ4v) is 4.80. The van der Waals surface area contributed by atoms with Crippen LogP contribution in [0.5, 0.6) is 0 Å². The molecule has 1 aliphatic carbocycles. The Morgan fingerprint density at radius 3 is 2.00 bits per heavy atom. The summed E-state index contributed by atoms with van der Waals surface area (Å²) in [5.41, 5.74) is 17.6. The summed E-state index contributed by atoms with van der Waals surface area (Å²) in [4.78, 5) is 12.4. The lowest BCUT2D eigenvalue weighted by Crippen LogP contribution is -2.69. The van der Waals surface area contributed by atoms with Gasteiger partial charge in [-0.2, -0.15) is 0 Å². The summed E-state index contributed by atoms with van der Waals surface area (Å²) in [6, 6.07) is -3.40. The molecular weight excluding hydrogens is 516 g/mol. The topological polar surface area (TPSA) is 306 Å². The van der Waals surface area contributed by atoms with Crippen LogP contribution in [-0.4, -0.2) is 158 Å². The molecular formula is C21H40N4O13. The number of hydrogen-bond acceptors (Lipinski definition) is 16. The Bertz CT molecular complexity index is 769. The van der Waals surface area contributed by atoms with Gasteiger partial charge in [-0.3, -0.25) is 4.79 Å². The van der Waals surface area contributed by atoms with Crippen LogP contribution < -0.4 is 22.5 Å². The molecule has 17 heteroatoms. The number of carbonyl (C=O) groups is 1. The summed E-state index contributed by atoms with van der Waals surface area (Å²) in [6.07, 6.45) is -17.6. The Hall–Kier alpha value is -1.13. The molecule has 0 spiro atoms. The highest BCUT2D eigenvalue weighted by molar-refractivity contribution is 5.80. The van der Waals surface area contributed by atoms with E-state index in [1.54, 1.807) is 0 Å². The Kier molecular flexibility index (Phi) is 11.1. The average molecular weight is 557 g/mol. The highest BCUT2D eigenvalue weighted by Crippen LogP contribution is 2.32. The van der Waals surface area contributed by atoms with Crippen molar-refractivity contribution in [3.05, 3.63) is 0 Å². The maximum atomic E-state index is 12.4. The van der Waals surface area contributed by atoms with Gasteiger partial charge in [0, 0.05) is 6.04 Å². The number of hydrogen-bond donors (Lipinski definition) is 12. The fourth-order valence-electron chi connectivity index (χ4n) is 4.80. The number of carbonyl (C=O) groups excluding carboxylic acids is 1. The van der Waals surface area contributed by atoms with Crippen LogP contribution in [0, 0.1) is 0 Å². The molecule has 38 heavy (non-hydrogen) atoms. The minimum absolute atomic E-state index is 0.0330. The molecule has 222 valence electrons. The summed E-state index contributed by atoms with van der Waals surface area (Å²) in [7, 11) is 0. The second kappa shape index (κ2) is 13.5. The van der Waals surface area contributed by atoms with Gasteiger partial charge in [-0.15, -0.1) is 0 Å². The summed E-state index contributed by atoms with van der Waals surface area (Å²) < 4.78 is 22.5. The van der Waals surface area contributed by atoms with Gasteiger partial charge < -0.3 is 82.3 Å². The summed E-state index contributed by atoms with van der Waals surface area (Å²) in [5, 5.41) is 83.2. The molecule has 0 aromatic carbocycles. The van der Waals surface area contributed by atoms with Crippen LogP contribution in [0.4, 0.5) is 0 Å². The number of rotatable bonds is 10. The zero-order valence-corrected chi connectivity index (χ0v) is 20.5. The van der Waals surface area contributed by atoms with Gasteiger partial charge in [0.15, 0.2) is 12.6 Å². The van der Waals surface area contributed by atoms with Crippen LogP contribution in [0.3, 0.4) is 0 Å². The zero-order chi connectivity index (χ0) is 28.3. The minimum Gasteiger partial charge on any atom is -0.394 e. The summed E-state index contributed by atoms with van der Waals surface area (Å²) in [6.45, 7) is -1.28. The molecule has 2 saturated heterocycles. The van der Waals surface area contributed by atoms with Gasteiger partial charge in [-0.05, 0) is 19.4 Å². The molecule has 1 saturated carbocycles. The van der Waals surface area contributed by atoms with E-state index in [4.69, 9.17) is 36.1 Å². The quantitative estimate of drug-likeness (QED) is 0.119. The van der Waals surface area contributed by atoms with Crippen LogP contribution >= 0.6 is 0 Å². The van der Waals surface area contributed by atoms with Crippen molar-refractivity contribution >= 4 is 5.91 Å². The van der Waals surface area contributed by atoms with Crippen LogP contribution in [0.15, 0.2) is 0 Å². The van der Waals surface area contributed by atoms with Crippen LogP contribution in [0.2, 0.25) is 0 Å². The molecule has 0 unspecified atom stereocenters. The molecule has 3 fully saturated rings. The molecule has 0 radical (unpaired) electrons. The molecule has 1 amide bonds. The minimum atomic E-state index is -1.64.